The second-order valence-corrected chi connectivity index (χ2v) is 8.75. The van der Waals surface area contributed by atoms with Gasteiger partial charge in [0.25, 0.3) is 0 Å². The fourth-order valence-electron chi connectivity index (χ4n) is 4.69. The van der Waals surface area contributed by atoms with Gasteiger partial charge in [-0.25, -0.2) is 9.18 Å². The monoisotopic (exact) mass is 400 g/mol. The average Bonchev–Trinajstić information content (AvgIpc) is 2.96. The molecule has 0 saturated carbocycles. The maximum Gasteiger partial charge on any atom is 0.317 e. The molecule has 0 bridgehead atoms. The van der Waals surface area contributed by atoms with Crippen molar-refractivity contribution in [2.45, 2.75) is 71.0 Å². The lowest BCUT2D eigenvalue weighted by molar-refractivity contribution is 0.0970. The normalized spacial score (nSPS) is 21.6. The molecule has 2 fully saturated rings. The molecule has 5 nitrogen and oxygen atoms in total. The first-order chi connectivity index (χ1) is 14.0. The van der Waals surface area contributed by atoms with Crippen LogP contribution < -0.4 is 5.32 Å². The Kier molecular flexibility index (Phi) is 7.49. The van der Waals surface area contributed by atoms with Crippen molar-refractivity contribution in [2.75, 3.05) is 19.6 Å². The summed E-state index contributed by atoms with van der Waals surface area (Å²) in [5.41, 5.74) is 1.01. The van der Waals surface area contributed by atoms with Gasteiger partial charge in [0.1, 0.15) is 5.82 Å². The summed E-state index contributed by atoms with van der Waals surface area (Å²) in [4.78, 5) is 17.1. The van der Waals surface area contributed by atoms with Gasteiger partial charge < -0.3 is 10.2 Å². The fourth-order valence-corrected chi connectivity index (χ4v) is 4.69. The highest BCUT2D eigenvalue weighted by Gasteiger charge is 2.34. The van der Waals surface area contributed by atoms with Crippen molar-refractivity contribution in [3.05, 3.63) is 35.1 Å². The highest BCUT2D eigenvalue weighted by molar-refractivity contribution is 5.74. The number of urea groups is 1. The van der Waals surface area contributed by atoms with Gasteiger partial charge in [-0.15, -0.1) is 0 Å². The van der Waals surface area contributed by atoms with Crippen molar-refractivity contribution < 1.29 is 9.18 Å². The lowest BCUT2D eigenvalue weighted by Crippen LogP contribution is -2.52. The molecule has 2 heterocycles. The third-order valence-electron chi connectivity index (χ3n) is 6.22. The van der Waals surface area contributed by atoms with Crippen LogP contribution in [-0.2, 0) is 6.54 Å². The maximum absolute atomic E-state index is 14.2. The van der Waals surface area contributed by atoms with Crippen molar-refractivity contribution in [1.29, 1.82) is 5.26 Å². The molecule has 29 heavy (non-hydrogen) atoms. The Morgan fingerprint density at radius 1 is 1.21 bits per heavy atom. The molecule has 1 unspecified atom stereocenters. The van der Waals surface area contributed by atoms with E-state index in [0.717, 1.165) is 45.3 Å². The first kappa shape index (κ1) is 21.6. The minimum Gasteiger partial charge on any atom is -0.336 e. The van der Waals surface area contributed by atoms with Crippen LogP contribution in [-0.4, -0.2) is 47.5 Å². The lowest BCUT2D eigenvalue weighted by Gasteiger charge is -2.41. The van der Waals surface area contributed by atoms with Gasteiger partial charge in [-0.1, -0.05) is 18.9 Å². The van der Waals surface area contributed by atoms with E-state index < -0.39 is 0 Å². The summed E-state index contributed by atoms with van der Waals surface area (Å²) in [6.45, 7) is 7.27. The second-order valence-electron chi connectivity index (χ2n) is 8.75. The molecule has 0 aromatic heterocycles. The third-order valence-corrected chi connectivity index (χ3v) is 6.22. The van der Waals surface area contributed by atoms with Crippen LogP contribution in [0.2, 0.25) is 0 Å². The molecule has 2 amide bonds. The van der Waals surface area contributed by atoms with E-state index in [1.165, 1.54) is 18.9 Å². The number of nitriles is 1. The van der Waals surface area contributed by atoms with Crippen LogP contribution in [0.1, 0.15) is 63.5 Å². The van der Waals surface area contributed by atoms with Gasteiger partial charge >= 0.3 is 6.03 Å². The molecule has 158 valence electrons. The standard InChI is InChI=1S/C23H33FN4O/c1-17(2)26-23(29)28-11-5-3-4-6-22(28)19-9-12-27(13-10-19)16-20-8-7-18(15-25)14-21(20)24/h7-8,14,17,19,22H,3-6,9-13,16H2,1-2H3,(H,26,29). The number of nitrogens with one attached hydrogen (secondary N) is 1. The van der Waals surface area contributed by atoms with E-state index in [1.807, 2.05) is 19.9 Å². The first-order valence-electron chi connectivity index (χ1n) is 11.0. The number of nitrogens with zero attached hydrogens (tertiary/aromatic N) is 3. The molecule has 3 rings (SSSR count). The molecule has 2 saturated heterocycles. The van der Waals surface area contributed by atoms with Crippen molar-refractivity contribution in [3.8, 4) is 6.07 Å². The first-order valence-corrected chi connectivity index (χ1v) is 11.0. The zero-order valence-corrected chi connectivity index (χ0v) is 17.7. The molecular formula is C23H33FN4O. The Morgan fingerprint density at radius 3 is 2.62 bits per heavy atom. The van der Waals surface area contributed by atoms with Crippen molar-refractivity contribution in [3.63, 3.8) is 0 Å². The summed E-state index contributed by atoms with van der Waals surface area (Å²) in [5, 5.41) is 12.0. The van der Waals surface area contributed by atoms with Crippen LogP contribution in [0.4, 0.5) is 9.18 Å². The molecule has 1 atom stereocenters. The lowest BCUT2D eigenvalue weighted by atomic mass is 9.86. The average molecular weight is 401 g/mol. The fraction of sp³-hybridized carbons (Fsp3) is 0.652. The minimum atomic E-state index is -0.300. The molecule has 6 heteroatoms. The van der Waals surface area contributed by atoms with Gasteiger partial charge in [-0.05, 0) is 70.7 Å². The van der Waals surface area contributed by atoms with Crippen LogP contribution in [0.3, 0.4) is 0 Å². The molecule has 0 radical (unpaired) electrons. The second kappa shape index (κ2) is 10.1. The molecule has 0 spiro atoms. The number of hydrogen-bond acceptors (Lipinski definition) is 3. The number of benzene rings is 1. The van der Waals surface area contributed by atoms with E-state index in [9.17, 15) is 9.18 Å². The molecule has 2 aliphatic rings. The summed E-state index contributed by atoms with van der Waals surface area (Å²) in [6.07, 6.45) is 6.62. The molecule has 2 aliphatic heterocycles. The Bertz CT molecular complexity index is 737. The number of carbonyl (C=O) groups is 1. The SMILES string of the molecule is CC(C)NC(=O)N1CCCCCC1C1CCN(Cc2ccc(C#N)cc2F)CC1. The summed E-state index contributed by atoms with van der Waals surface area (Å²) in [6, 6.07) is 7.24. The Morgan fingerprint density at radius 2 is 1.97 bits per heavy atom. The van der Waals surface area contributed by atoms with E-state index in [1.54, 1.807) is 12.1 Å². The number of carbonyl (C=O) groups excluding carboxylic acids is 1. The zero-order valence-electron chi connectivity index (χ0n) is 17.7. The molecule has 1 aromatic rings. The van der Waals surface area contributed by atoms with Crippen LogP contribution in [0.15, 0.2) is 18.2 Å². The van der Waals surface area contributed by atoms with E-state index in [-0.39, 0.29) is 17.9 Å². The largest absolute Gasteiger partial charge is 0.336 e. The third kappa shape index (κ3) is 5.70. The Labute approximate surface area is 173 Å². The minimum absolute atomic E-state index is 0.0778. The van der Waals surface area contributed by atoms with E-state index in [4.69, 9.17) is 5.26 Å². The quantitative estimate of drug-likeness (QED) is 0.821. The molecule has 1 N–H and O–H groups in total. The van der Waals surface area contributed by atoms with Gasteiger partial charge in [-0.3, -0.25) is 4.90 Å². The number of rotatable bonds is 4. The zero-order chi connectivity index (χ0) is 20.8. The summed E-state index contributed by atoms with van der Waals surface area (Å²) < 4.78 is 14.2. The van der Waals surface area contributed by atoms with Gasteiger partial charge in [0.2, 0.25) is 0 Å². The number of amides is 2. The highest BCUT2D eigenvalue weighted by atomic mass is 19.1. The van der Waals surface area contributed by atoms with Crippen molar-refractivity contribution in [2.24, 2.45) is 5.92 Å². The number of likely N-dealkylation sites (tertiary alicyclic amines) is 2. The Hall–Kier alpha value is -2.13. The van der Waals surface area contributed by atoms with Crippen LogP contribution >= 0.6 is 0 Å². The van der Waals surface area contributed by atoms with Gasteiger partial charge in [0.15, 0.2) is 0 Å². The Balaban J connectivity index is 1.59. The van der Waals surface area contributed by atoms with Crippen LogP contribution in [0.5, 0.6) is 0 Å². The van der Waals surface area contributed by atoms with Crippen molar-refractivity contribution in [1.82, 2.24) is 15.1 Å². The van der Waals surface area contributed by atoms with Gasteiger partial charge in [-0.2, -0.15) is 5.26 Å². The topological polar surface area (TPSA) is 59.4 Å². The maximum atomic E-state index is 14.2. The smallest absolute Gasteiger partial charge is 0.317 e. The molecule has 0 aliphatic carbocycles. The van der Waals surface area contributed by atoms with E-state index >= 15 is 0 Å². The number of halogens is 1. The van der Waals surface area contributed by atoms with Gasteiger partial charge in [0.05, 0.1) is 11.6 Å². The van der Waals surface area contributed by atoms with Crippen LogP contribution in [0, 0.1) is 23.1 Å². The predicted octanol–water partition coefficient (Wildman–Crippen LogP) is 4.27. The highest BCUT2D eigenvalue weighted by Crippen LogP contribution is 2.31. The summed E-state index contributed by atoms with van der Waals surface area (Å²) in [7, 11) is 0. The van der Waals surface area contributed by atoms with E-state index in [0.29, 0.717) is 29.6 Å². The van der Waals surface area contributed by atoms with Crippen molar-refractivity contribution >= 4 is 6.03 Å². The summed E-state index contributed by atoms with van der Waals surface area (Å²) >= 11 is 0. The summed E-state index contributed by atoms with van der Waals surface area (Å²) in [5.74, 6) is 0.208. The van der Waals surface area contributed by atoms with Gasteiger partial charge in [0, 0.05) is 30.7 Å². The number of piperidine rings is 1. The van der Waals surface area contributed by atoms with Crippen LogP contribution in [0.25, 0.3) is 0 Å². The molecule has 1 aromatic carbocycles. The predicted molar refractivity (Wildman–Crippen MR) is 112 cm³/mol. The molecular weight excluding hydrogens is 367 g/mol. The van der Waals surface area contributed by atoms with E-state index in [2.05, 4.69) is 15.1 Å². The number of hydrogen-bond donors (Lipinski definition) is 1.